The second-order valence-electron chi connectivity index (χ2n) is 4.14. The maximum Gasteiger partial charge on any atom is 0.338 e. The predicted octanol–water partition coefficient (Wildman–Crippen LogP) is 2.47. The van der Waals surface area contributed by atoms with E-state index >= 15 is 0 Å². The zero-order valence-corrected chi connectivity index (χ0v) is 11.5. The maximum absolute atomic E-state index is 11.7. The largest absolute Gasteiger partial charge is 0.461 e. The average molecular weight is 271 g/mol. The summed E-state index contributed by atoms with van der Waals surface area (Å²) in [4.78, 5) is 11.7. The third-order valence-corrected chi connectivity index (χ3v) is 3.02. The number of nitrogen functional groups attached to an aromatic ring is 1. The number of ether oxygens (including phenoxy) is 1. The number of carbonyl (C=O) groups is 1. The first-order valence-electron chi connectivity index (χ1n) is 6.00. The van der Waals surface area contributed by atoms with E-state index in [4.69, 9.17) is 22.1 Å². The monoisotopic (exact) mass is 270 g/mol. The molecule has 18 heavy (non-hydrogen) atoms. The van der Waals surface area contributed by atoms with E-state index in [9.17, 15) is 4.79 Å². The Bertz CT molecular complexity index is 410. The molecule has 3 N–H and O–H groups in total. The van der Waals surface area contributed by atoms with Gasteiger partial charge in [-0.05, 0) is 31.5 Å². The van der Waals surface area contributed by atoms with Crippen molar-refractivity contribution in [2.45, 2.75) is 26.3 Å². The van der Waals surface area contributed by atoms with E-state index in [1.807, 2.05) is 0 Å². The van der Waals surface area contributed by atoms with Crippen molar-refractivity contribution in [3.05, 3.63) is 28.8 Å². The first kappa shape index (κ1) is 14.8. The van der Waals surface area contributed by atoms with E-state index in [1.165, 1.54) is 6.07 Å². The van der Waals surface area contributed by atoms with Gasteiger partial charge in [-0.1, -0.05) is 18.5 Å². The molecule has 100 valence electrons. The average Bonchev–Trinajstić information content (AvgIpc) is 2.37. The summed E-state index contributed by atoms with van der Waals surface area (Å²) in [6, 6.07) is 5.13. The normalized spacial score (nSPS) is 12.2. The molecule has 0 fully saturated rings. The molecule has 0 saturated carbocycles. The van der Waals surface area contributed by atoms with Gasteiger partial charge in [0.15, 0.2) is 0 Å². The first-order valence-corrected chi connectivity index (χ1v) is 6.38. The van der Waals surface area contributed by atoms with E-state index in [2.05, 4.69) is 19.2 Å². The third-order valence-electron chi connectivity index (χ3n) is 2.67. The number of carbonyl (C=O) groups excluding carboxylic acids is 1. The minimum absolute atomic E-state index is 0.339. The summed E-state index contributed by atoms with van der Waals surface area (Å²) in [6.07, 6.45) is 1.04. The molecule has 0 amide bonds. The second-order valence-corrected chi connectivity index (χ2v) is 4.54. The fraction of sp³-hybridized carbons (Fsp3) is 0.462. The lowest BCUT2D eigenvalue weighted by molar-refractivity contribution is 0.0506. The lowest BCUT2D eigenvalue weighted by Crippen LogP contribution is -2.29. The number of hydrogen-bond acceptors (Lipinski definition) is 4. The summed E-state index contributed by atoms with van der Waals surface area (Å²) in [5.41, 5.74) is 6.41. The molecular weight excluding hydrogens is 252 g/mol. The molecule has 0 aliphatic rings. The Morgan fingerprint density at radius 2 is 2.28 bits per heavy atom. The van der Waals surface area contributed by atoms with Gasteiger partial charge in [-0.2, -0.15) is 0 Å². The van der Waals surface area contributed by atoms with Crippen molar-refractivity contribution < 1.29 is 9.53 Å². The van der Waals surface area contributed by atoms with Crippen molar-refractivity contribution in [1.29, 1.82) is 0 Å². The Balaban J connectivity index is 2.39. The zero-order chi connectivity index (χ0) is 13.5. The van der Waals surface area contributed by atoms with Crippen LogP contribution in [0.5, 0.6) is 0 Å². The van der Waals surface area contributed by atoms with E-state index in [0.29, 0.717) is 35.5 Å². The number of hydrogen-bond donors (Lipinski definition) is 2. The molecule has 1 unspecified atom stereocenters. The van der Waals surface area contributed by atoms with Crippen molar-refractivity contribution in [1.82, 2.24) is 5.32 Å². The topological polar surface area (TPSA) is 64.3 Å². The SMILES string of the molecule is CCC(C)NCCOC(=O)c1ccc(Cl)c(N)c1. The smallest absolute Gasteiger partial charge is 0.338 e. The van der Waals surface area contributed by atoms with Gasteiger partial charge in [0, 0.05) is 12.6 Å². The number of halogens is 1. The van der Waals surface area contributed by atoms with Gasteiger partial charge < -0.3 is 15.8 Å². The van der Waals surface area contributed by atoms with Crippen molar-refractivity contribution in [3.63, 3.8) is 0 Å². The van der Waals surface area contributed by atoms with Gasteiger partial charge in [0.05, 0.1) is 16.3 Å². The highest BCUT2D eigenvalue weighted by atomic mass is 35.5. The second kappa shape index (κ2) is 7.24. The summed E-state index contributed by atoms with van der Waals surface area (Å²) in [6.45, 7) is 5.16. The lowest BCUT2D eigenvalue weighted by Gasteiger charge is -2.11. The molecule has 0 aromatic heterocycles. The molecular formula is C13H19ClN2O2. The van der Waals surface area contributed by atoms with Crippen LogP contribution < -0.4 is 11.1 Å². The van der Waals surface area contributed by atoms with Crippen LogP contribution in [-0.2, 0) is 4.74 Å². The van der Waals surface area contributed by atoms with E-state index < -0.39 is 0 Å². The highest BCUT2D eigenvalue weighted by Crippen LogP contribution is 2.19. The highest BCUT2D eigenvalue weighted by Gasteiger charge is 2.08. The van der Waals surface area contributed by atoms with E-state index in [1.54, 1.807) is 12.1 Å². The highest BCUT2D eigenvalue weighted by molar-refractivity contribution is 6.33. The number of rotatable bonds is 6. The molecule has 1 aromatic rings. The number of anilines is 1. The number of nitrogens with two attached hydrogens (primary N) is 1. The summed E-state index contributed by atoms with van der Waals surface area (Å²) >= 11 is 5.78. The first-order chi connectivity index (χ1) is 8.54. The molecule has 0 heterocycles. The van der Waals surface area contributed by atoms with E-state index in [-0.39, 0.29) is 5.97 Å². The summed E-state index contributed by atoms with van der Waals surface area (Å²) in [5, 5.41) is 3.67. The lowest BCUT2D eigenvalue weighted by atomic mass is 10.2. The van der Waals surface area contributed by atoms with Gasteiger partial charge in [0.2, 0.25) is 0 Å². The van der Waals surface area contributed by atoms with Crippen LogP contribution in [0.1, 0.15) is 30.6 Å². The van der Waals surface area contributed by atoms with Crippen LogP contribution in [0.15, 0.2) is 18.2 Å². The van der Waals surface area contributed by atoms with Gasteiger partial charge in [-0.3, -0.25) is 0 Å². The molecule has 0 radical (unpaired) electrons. The Morgan fingerprint density at radius 1 is 1.56 bits per heavy atom. The molecule has 0 aliphatic heterocycles. The summed E-state index contributed by atoms with van der Waals surface area (Å²) < 4.78 is 5.12. The molecule has 0 aliphatic carbocycles. The van der Waals surface area contributed by atoms with Crippen LogP contribution in [0.4, 0.5) is 5.69 Å². The minimum Gasteiger partial charge on any atom is -0.461 e. The molecule has 5 heteroatoms. The van der Waals surface area contributed by atoms with Crippen LogP contribution >= 0.6 is 11.6 Å². The maximum atomic E-state index is 11.7. The Hall–Kier alpha value is -1.26. The Morgan fingerprint density at radius 3 is 2.89 bits per heavy atom. The molecule has 1 aromatic carbocycles. The van der Waals surface area contributed by atoms with Crippen LogP contribution in [0.2, 0.25) is 5.02 Å². The van der Waals surface area contributed by atoms with Crippen LogP contribution in [0.3, 0.4) is 0 Å². The molecule has 1 rings (SSSR count). The Labute approximate surface area is 112 Å². The van der Waals surface area contributed by atoms with Gasteiger partial charge in [0.25, 0.3) is 0 Å². The van der Waals surface area contributed by atoms with E-state index in [0.717, 1.165) is 6.42 Å². The van der Waals surface area contributed by atoms with Crippen LogP contribution in [-0.4, -0.2) is 25.2 Å². The molecule has 0 saturated heterocycles. The van der Waals surface area contributed by atoms with Crippen LogP contribution in [0.25, 0.3) is 0 Å². The van der Waals surface area contributed by atoms with Crippen molar-refractivity contribution in [2.75, 3.05) is 18.9 Å². The van der Waals surface area contributed by atoms with Gasteiger partial charge in [-0.25, -0.2) is 4.79 Å². The zero-order valence-electron chi connectivity index (χ0n) is 10.7. The number of esters is 1. The van der Waals surface area contributed by atoms with Gasteiger partial charge in [0.1, 0.15) is 6.61 Å². The fourth-order valence-corrected chi connectivity index (χ4v) is 1.46. The quantitative estimate of drug-likeness (QED) is 0.473. The van der Waals surface area contributed by atoms with Crippen molar-refractivity contribution >= 4 is 23.3 Å². The third kappa shape index (κ3) is 4.55. The number of benzene rings is 1. The molecule has 4 nitrogen and oxygen atoms in total. The van der Waals surface area contributed by atoms with Crippen LogP contribution in [0, 0.1) is 0 Å². The van der Waals surface area contributed by atoms with Crippen molar-refractivity contribution in [2.24, 2.45) is 0 Å². The van der Waals surface area contributed by atoms with Gasteiger partial charge in [-0.15, -0.1) is 0 Å². The Kier molecular flexibility index (Phi) is 5.95. The minimum atomic E-state index is -0.385. The number of nitrogens with one attached hydrogen (secondary N) is 1. The summed E-state index contributed by atoms with van der Waals surface area (Å²) in [5.74, 6) is -0.385. The standard InChI is InChI=1S/C13H19ClN2O2/c1-3-9(2)16-6-7-18-13(17)10-4-5-11(14)12(15)8-10/h4-5,8-9,16H,3,6-7,15H2,1-2H3. The predicted molar refractivity (Wildman–Crippen MR) is 73.9 cm³/mol. The van der Waals surface area contributed by atoms with Crippen molar-refractivity contribution in [3.8, 4) is 0 Å². The molecule has 0 spiro atoms. The molecule has 0 bridgehead atoms. The molecule has 1 atom stereocenters. The summed E-state index contributed by atoms with van der Waals surface area (Å²) in [7, 11) is 0. The van der Waals surface area contributed by atoms with Gasteiger partial charge >= 0.3 is 5.97 Å². The fourth-order valence-electron chi connectivity index (χ4n) is 1.35.